The van der Waals surface area contributed by atoms with Gasteiger partial charge < -0.3 is 4.90 Å². The number of sulfone groups is 1. The molecule has 2 aliphatic carbocycles. The first-order chi connectivity index (χ1) is 11.0. The molecule has 1 amide bonds. The summed E-state index contributed by atoms with van der Waals surface area (Å²) in [5.41, 5.74) is 0.257. The molecule has 5 heteroatoms. The topological polar surface area (TPSA) is 54.5 Å². The summed E-state index contributed by atoms with van der Waals surface area (Å²) in [4.78, 5) is 14.5. The highest BCUT2D eigenvalue weighted by atomic mass is 32.2. The molecular formula is C18H29NO3S. The van der Waals surface area contributed by atoms with E-state index in [4.69, 9.17) is 0 Å². The SMILES string of the molecule is O=C(CCS(=O)(=O)C1CCCC1)N1CCC[C@]2(CC=CCC2)C1. The summed E-state index contributed by atoms with van der Waals surface area (Å²) in [5.74, 6) is 0.0834. The van der Waals surface area contributed by atoms with E-state index < -0.39 is 9.84 Å². The first-order valence-corrected chi connectivity index (χ1v) is 10.9. The van der Waals surface area contributed by atoms with Gasteiger partial charge in [-0.25, -0.2) is 8.42 Å². The molecule has 0 aromatic heterocycles. The molecule has 3 rings (SSSR count). The number of likely N-dealkylation sites (tertiary alicyclic amines) is 1. The summed E-state index contributed by atoms with van der Waals surface area (Å²) in [6.07, 6.45) is 13.8. The molecule has 1 saturated carbocycles. The Morgan fingerprint density at radius 1 is 1.13 bits per heavy atom. The lowest BCUT2D eigenvalue weighted by atomic mass is 9.71. The van der Waals surface area contributed by atoms with Crippen LogP contribution in [0.15, 0.2) is 12.2 Å². The number of carbonyl (C=O) groups excluding carboxylic acids is 1. The lowest BCUT2D eigenvalue weighted by Gasteiger charge is -2.44. The van der Waals surface area contributed by atoms with E-state index in [9.17, 15) is 13.2 Å². The summed E-state index contributed by atoms with van der Waals surface area (Å²) in [7, 11) is -3.09. The van der Waals surface area contributed by atoms with E-state index in [1.807, 2.05) is 4.90 Å². The molecule has 2 fully saturated rings. The van der Waals surface area contributed by atoms with E-state index in [2.05, 4.69) is 12.2 Å². The molecule has 130 valence electrons. The molecule has 0 bridgehead atoms. The second-order valence-electron chi connectivity index (χ2n) is 7.66. The van der Waals surface area contributed by atoms with Crippen LogP contribution in [0.5, 0.6) is 0 Å². The molecule has 3 aliphatic rings. The van der Waals surface area contributed by atoms with Gasteiger partial charge in [-0.15, -0.1) is 0 Å². The second-order valence-corrected chi connectivity index (χ2v) is 10.1. The minimum absolute atomic E-state index is 0.0416. The molecule has 23 heavy (non-hydrogen) atoms. The number of allylic oxidation sites excluding steroid dienone is 2. The maximum atomic E-state index is 12.5. The van der Waals surface area contributed by atoms with Crippen molar-refractivity contribution in [2.24, 2.45) is 5.41 Å². The molecule has 1 atom stereocenters. The van der Waals surface area contributed by atoms with Crippen molar-refractivity contribution >= 4 is 15.7 Å². The van der Waals surface area contributed by atoms with Gasteiger partial charge in [0.15, 0.2) is 9.84 Å². The van der Waals surface area contributed by atoms with Crippen molar-refractivity contribution in [3.8, 4) is 0 Å². The quantitative estimate of drug-likeness (QED) is 0.740. The molecule has 0 unspecified atom stereocenters. The molecule has 0 N–H and O–H groups in total. The first kappa shape index (κ1) is 17.0. The van der Waals surface area contributed by atoms with Gasteiger partial charge in [-0.1, -0.05) is 25.0 Å². The Morgan fingerprint density at radius 3 is 2.61 bits per heavy atom. The Balaban J connectivity index is 1.54. The van der Waals surface area contributed by atoms with Crippen LogP contribution in [0.1, 0.15) is 64.2 Å². The predicted molar refractivity (Wildman–Crippen MR) is 91.9 cm³/mol. The Morgan fingerprint density at radius 2 is 1.91 bits per heavy atom. The van der Waals surface area contributed by atoms with Gasteiger partial charge in [0.2, 0.25) is 5.91 Å². The highest BCUT2D eigenvalue weighted by molar-refractivity contribution is 7.92. The van der Waals surface area contributed by atoms with Crippen LogP contribution < -0.4 is 0 Å². The monoisotopic (exact) mass is 339 g/mol. The molecule has 1 heterocycles. The molecule has 0 radical (unpaired) electrons. The predicted octanol–water partition coefficient (Wildman–Crippen LogP) is 3.08. The molecule has 1 saturated heterocycles. The third-order valence-corrected chi connectivity index (χ3v) is 8.24. The number of carbonyl (C=O) groups is 1. The van der Waals surface area contributed by atoms with Gasteiger partial charge in [0.25, 0.3) is 0 Å². The van der Waals surface area contributed by atoms with Crippen LogP contribution in [0.4, 0.5) is 0 Å². The average Bonchev–Trinajstić information content (AvgIpc) is 3.09. The van der Waals surface area contributed by atoms with Gasteiger partial charge in [-0.05, 0) is 50.4 Å². The maximum Gasteiger partial charge on any atom is 0.223 e. The molecule has 0 aromatic carbocycles. The number of nitrogens with zero attached hydrogens (tertiary/aromatic N) is 1. The van der Waals surface area contributed by atoms with E-state index in [0.717, 1.165) is 64.5 Å². The van der Waals surface area contributed by atoms with Crippen molar-refractivity contribution in [2.45, 2.75) is 69.5 Å². The summed E-state index contributed by atoms with van der Waals surface area (Å²) < 4.78 is 24.7. The van der Waals surface area contributed by atoms with Crippen molar-refractivity contribution in [3.63, 3.8) is 0 Å². The number of piperidine rings is 1. The zero-order chi connectivity index (χ0) is 16.3. The minimum atomic E-state index is -3.09. The highest BCUT2D eigenvalue weighted by Gasteiger charge is 2.37. The third-order valence-electron chi connectivity index (χ3n) is 5.98. The lowest BCUT2D eigenvalue weighted by molar-refractivity contribution is -0.134. The van der Waals surface area contributed by atoms with Gasteiger partial charge >= 0.3 is 0 Å². The fourth-order valence-corrected chi connectivity index (χ4v) is 6.38. The van der Waals surface area contributed by atoms with Crippen molar-refractivity contribution in [1.29, 1.82) is 0 Å². The van der Waals surface area contributed by atoms with E-state index in [1.54, 1.807) is 0 Å². The van der Waals surface area contributed by atoms with E-state index in [-0.39, 0.29) is 28.7 Å². The fraction of sp³-hybridized carbons (Fsp3) is 0.833. The summed E-state index contributed by atoms with van der Waals surface area (Å²) in [6, 6.07) is 0. The van der Waals surface area contributed by atoms with E-state index in [1.165, 1.54) is 6.42 Å². The summed E-state index contributed by atoms with van der Waals surface area (Å²) in [6.45, 7) is 1.62. The van der Waals surface area contributed by atoms with E-state index in [0.29, 0.717) is 0 Å². The molecular weight excluding hydrogens is 310 g/mol. The average molecular weight is 340 g/mol. The Hall–Kier alpha value is -0.840. The smallest absolute Gasteiger partial charge is 0.223 e. The normalized spacial score (nSPS) is 29.3. The number of hydrogen-bond donors (Lipinski definition) is 0. The van der Waals surface area contributed by atoms with Crippen LogP contribution in [0.3, 0.4) is 0 Å². The summed E-state index contributed by atoms with van der Waals surface area (Å²) >= 11 is 0. The van der Waals surface area contributed by atoms with Gasteiger partial charge in [0, 0.05) is 19.5 Å². The zero-order valence-corrected chi connectivity index (χ0v) is 14.8. The Labute approximate surface area is 140 Å². The minimum Gasteiger partial charge on any atom is -0.342 e. The van der Waals surface area contributed by atoms with Crippen molar-refractivity contribution in [1.82, 2.24) is 4.90 Å². The molecule has 0 aromatic rings. The number of rotatable bonds is 4. The summed E-state index contributed by atoms with van der Waals surface area (Å²) in [5, 5.41) is -0.188. The van der Waals surface area contributed by atoms with Crippen LogP contribution in [-0.2, 0) is 14.6 Å². The van der Waals surface area contributed by atoms with Crippen molar-refractivity contribution in [2.75, 3.05) is 18.8 Å². The fourth-order valence-electron chi connectivity index (χ4n) is 4.54. The molecule has 1 aliphatic heterocycles. The Kier molecular flexibility index (Phi) is 5.14. The van der Waals surface area contributed by atoms with Crippen LogP contribution in [0.2, 0.25) is 0 Å². The van der Waals surface area contributed by atoms with Crippen molar-refractivity contribution in [3.05, 3.63) is 12.2 Å². The second kappa shape index (κ2) is 6.96. The van der Waals surface area contributed by atoms with Gasteiger partial charge in [0.1, 0.15) is 0 Å². The number of amides is 1. The first-order valence-electron chi connectivity index (χ1n) is 9.15. The maximum absolute atomic E-state index is 12.5. The lowest BCUT2D eigenvalue weighted by Crippen LogP contribution is -2.46. The van der Waals surface area contributed by atoms with Gasteiger partial charge in [0.05, 0.1) is 11.0 Å². The van der Waals surface area contributed by atoms with E-state index >= 15 is 0 Å². The Bertz CT molecular complexity index is 563. The van der Waals surface area contributed by atoms with Crippen LogP contribution in [0.25, 0.3) is 0 Å². The van der Waals surface area contributed by atoms with Crippen LogP contribution >= 0.6 is 0 Å². The standard InChI is InChI=1S/C18H29NO3S/c20-17(9-14-23(21,22)16-7-2-3-8-16)19-13-6-12-18(15-19)10-4-1-5-11-18/h1,4,16H,2-3,5-15H2/t18-/m1/s1. The molecule has 1 spiro atoms. The zero-order valence-electron chi connectivity index (χ0n) is 14.0. The van der Waals surface area contributed by atoms with Crippen LogP contribution in [0, 0.1) is 5.41 Å². The highest BCUT2D eigenvalue weighted by Crippen LogP contribution is 2.40. The molecule has 4 nitrogen and oxygen atoms in total. The third kappa shape index (κ3) is 3.98. The van der Waals surface area contributed by atoms with Gasteiger partial charge in [-0.3, -0.25) is 4.79 Å². The number of hydrogen-bond acceptors (Lipinski definition) is 3. The van der Waals surface area contributed by atoms with Gasteiger partial charge in [-0.2, -0.15) is 0 Å². The van der Waals surface area contributed by atoms with Crippen LogP contribution in [-0.4, -0.2) is 43.3 Å². The van der Waals surface area contributed by atoms with Crippen molar-refractivity contribution < 1.29 is 13.2 Å². The largest absolute Gasteiger partial charge is 0.342 e.